The molecule has 4 fully saturated rings. The third-order valence-electron chi connectivity index (χ3n) is 6.52. The van der Waals surface area contributed by atoms with Crippen LogP contribution in [0.1, 0.15) is 65.7 Å². The molecule has 0 aliphatic heterocycles. The summed E-state index contributed by atoms with van der Waals surface area (Å²) in [7, 11) is 0. The monoisotopic (exact) mass is 332 g/mol. The van der Waals surface area contributed by atoms with Crippen molar-refractivity contribution >= 4 is 12.4 Å². The lowest BCUT2D eigenvalue weighted by atomic mass is 9.35. The van der Waals surface area contributed by atoms with Gasteiger partial charge in [0, 0.05) is 0 Å². The van der Waals surface area contributed by atoms with Gasteiger partial charge in [0.05, 0.1) is 0 Å². The fraction of sp³-hybridized carbons (Fsp3) is 1.00. The van der Waals surface area contributed by atoms with Crippen molar-refractivity contribution in [3.63, 3.8) is 0 Å². The van der Waals surface area contributed by atoms with Crippen LogP contribution >= 0.6 is 12.4 Å². The molecule has 128 valence electrons. The Balaban J connectivity index is 0.00000176. The summed E-state index contributed by atoms with van der Waals surface area (Å²) in [6.45, 7) is 7.37. The van der Waals surface area contributed by atoms with Gasteiger partial charge in [-0.15, -0.1) is 22.5 Å². The summed E-state index contributed by atoms with van der Waals surface area (Å²) < 4.78 is 0. The van der Waals surface area contributed by atoms with E-state index >= 15 is 0 Å². The zero-order valence-corrected chi connectivity index (χ0v) is 14.7. The van der Waals surface area contributed by atoms with Gasteiger partial charge in [-0.3, -0.25) is 0 Å². The summed E-state index contributed by atoms with van der Waals surface area (Å²) in [6, 6.07) is 0. The summed E-state index contributed by atoms with van der Waals surface area (Å²) in [5, 5.41) is 10.2. The molecule has 0 amide bonds. The van der Waals surface area contributed by atoms with E-state index in [0.717, 1.165) is 25.7 Å². The highest BCUT2D eigenvalue weighted by Gasteiger charge is 2.66. The Morgan fingerprint density at radius 2 is 1.68 bits per heavy atom. The van der Waals surface area contributed by atoms with Crippen molar-refractivity contribution in [3.8, 4) is 0 Å². The third kappa shape index (κ3) is 2.71. The number of hydrogen-bond acceptors (Lipinski definition) is 4. The Kier molecular flexibility index (Phi) is 4.23. The lowest BCUT2D eigenvalue weighted by Crippen LogP contribution is -2.63. The summed E-state index contributed by atoms with van der Waals surface area (Å²) in [5.74, 6) is 0. The predicted octanol–water partition coefficient (Wildman–Crippen LogP) is 3.72. The van der Waals surface area contributed by atoms with Crippen LogP contribution in [0.3, 0.4) is 0 Å². The van der Waals surface area contributed by atoms with Crippen molar-refractivity contribution in [2.45, 2.75) is 71.8 Å². The Hall–Kier alpha value is -0.550. The van der Waals surface area contributed by atoms with E-state index in [9.17, 15) is 10.1 Å². The molecule has 6 heteroatoms. The van der Waals surface area contributed by atoms with Crippen molar-refractivity contribution in [1.29, 1.82) is 0 Å². The van der Waals surface area contributed by atoms with E-state index in [0.29, 0.717) is 17.4 Å². The van der Waals surface area contributed by atoms with E-state index in [4.69, 9.17) is 10.6 Å². The Morgan fingerprint density at radius 3 is 2.14 bits per heavy atom. The van der Waals surface area contributed by atoms with E-state index < -0.39 is 5.09 Å². The molecule has 5 nitrogen and oxygen atoms in total. The standard InChI is InChI=1S/C16H28N2O3.ClH/c1-12(21-18(19)20)16-9-13(2)6-14(3,10-16)8-15(7-13,11-16)4-5-17;/h12H,4-11,17H2,1-3H3;1H. The van der Waals surface area contributed by atoms with Crippen LogP contribution in [0.15, 0.2) is 0 Å². The first-order valence-corrected chi connectivity index (χ1v) is 8.15. The molecular formula is C16H29ClN2O3. The molecule has 4 aliphatic carbocycles. The second-order valence-corrected chi connectivity index (χ2v) is 9.05. The minimum atomic E-state index is -0.608. The van der Waals surface area contributed by atoms with Gasteiger partial charge >= 0.3 is 0 Å². The minimum absolute atomic E-state index is 0. The van der Waals surface area contributed by atoms with Gasteiger partial charge in [0.15, 0.2) is 0 Å². The summed E-state index contributed by atoms with van der Waals surface area (Å²) in [6.07, 6.45) is 7.64. The fourth-order valence-corrected chi connectivity index (χ4v) is 7.28. The maximum atomic E-state index is 10.8. The molecule has 4 saturated carbocycles. The summed E-state index contributed by atoms with van der Waals surface area (Å²) in [4.78, 5) is 15.9. The number of hydrogen-bond donors (Lipinski definition) is 1. The summed E-state index contributed by atoms with van der Waals surface area (Å²) >= 11 is 0. The van der Waals surface area contributed by atoms with Gasteiger partial charge in [0.1, 0.15) is 6.10 Å². The quantitative estimate of drug-likeness (QED) is 0.614. The largest absolute Gasteiger partial charge is 0.330 e. The van der Waals surface area contributed by atoms with Crippen LogP contribution in [-0.4, -0.2) is 17.7 Å². The minimum Gasteiger partial charge on any atom is -0.330 e. The molecule has 3 unspecified atom stereocenters. The van der Waals surface area contributed by atoms with Gasteiger partial charge in [0.25, 0.3) is 5.09 Å². The van der Waals surface area contributed by atoms with E-state index in [1.54, 1.807) is 0 Å². The van der Waals surface area contributed by atoms with Gasteiger partial charge in [-0.05, 0) is 80.1 Å². The van der Waals surface area contributed by atoms with Crippen LogP contribution < -0.4 is 5.73 Å². The Morgan fingerprint density at radius 1 is 1.14 bits per heavy atom. The molecule has 0 aromatic carbocycles. The highest BCUT2D eigenvalue weighted by Crippen LogP contribution is 2.75. The van der Waals surface area contributed by atoms with E-state index in [1.807, 2.05) is 6.92 Å². The zero-order chi connectivity index (χ0) is 15.5. The molecule has 0 aromatic heterocycles. The molecule has 0 saturated heterocycles. The average molecular weight is 333 g/mol. The van der Waals surface area contributed by atoms with Crippen LogP contribution in [0.2, 0.25) is 0 Å². The maximum Gasteiger partial charge on any atom is 0.294 e. The molecule has 4 rings (SSSR count). The van der Waals surface area contributed by atoms with Crippen LogP contribution in [0.25, 0.3) is 0 Å². The highest BCUT2D eigenvalue weighted by atomic mass is 35.5. The van der Waals surface area contributed by atoms with Crippen molar-refractivity contribution in [2.75, 3.05) is 6.54 Å². The maximum absolute atomic E-state index is 10.8. The van der Waals surface area contributed by atoms with Crippen LogP contribution in [0.4, 0.5) is 0 Å². The number of nitrogens with zero attached hydrogens (tertiary/aromatic N) is 1. The van der Waals surface area contributed by atoms with Crippen molar-refractivity contribution in [1.82, 2.24) is 0 Å². The highest BCUT2D eigenvalue weighted by molar-refractivity contribution is 5.85. The average Bonchev–Trinajstić information content (AvgIpc) is 2.22. The van der Waals surface area contributed by atoms with Gasteiger partial charge in [0.2, 0.25) is 0 Å². The van der Waals surface area contributed by atoms with Gasteiger partial charge in [-0.1, -0.05) is 13.8 Å². The van der Waals surface area contributed by atoms with Crippen LogP contribution in [0.5, 0.6) is 0 Å². The second kappa shape index (κ2) is 5.23. The molecule has 2 N–H and O–H groups in total. The normalized spacial score (nSPS) is 46.9. The van der Waals surface area contributed by atoms with Crippen LogP contribution in [0, 0.1) is 31.8 Å². The van der Waals surface area contributed by atoms with Crippen molar-refractivity contribution < 1.29 is 9.92 Å². The van der Waals surface area contributed by atoms with Gasteiger partial charge < -0.3 is 10.6 Å². The topological polar surface area (TPSA) is 78.4 Å². The summed E-state index contributed by atoms with van der Waals surface area (Å²) in [5.41, 5.74) is 6.73. The molecule has 0 heterocycles. The molecule has 0 radical (unpaired) electrons. The molecule has 0 aromatic rings. The smallest absolute Gasteiger partial charge is 0.294 e. The number of rotatable bonds is 5. The SMILES string of the molecule is CC(O[N+](=O)[O-])C12CC3(C)CC(C)(CC(CCN)(C3)C1)C2.Cl. The van der Waals surface area contributed by atoms with Gasteiger partial charge in [-0.25, -0.2) is 0 Å². The molecule has 3 atom stereocenters. The van der Waals surface area contributed by atoms with E-state index in [2.05, 4.69) is 13.8 Å². The number of halogens is 1. The fourth-order valence-electron chi connectivity index (χ4n) is 7.28. The van der Waals surface area contributed by atoms with Crippen molar-refractivity contribution in [3.05, 3.63) is 10.1 Å². The van der Waals surface area contributed by atoms with Crippen LogP contribution in [-0.2, 0) is 4.84 Å². The Bertz CT molecular complexity index is 452. The first-order valence-electron chi connectivity index (χ1n) is 8.15. The lowest BCUT2D eigenvalue weighted by Gasteiger charge is -2.70. The second-order valence-electron chi connectivity index (χ2n) is 9.05. The molecule has 4 bridgehead atoms. The number of nitrogens with two attached hydrogens (primary N) is 1. The molecule has 0 spiro atoms. The van der Waals surface area contributed by atoms with E-state index in [-0.39, 0.29) is 29.3 Å². The molecular weight excluding hydrogens is 304 g/mol. The molecule has 4 aliphatic rings. The lowest BCUT2D eigenvalue weighted by molar-refractivity contribution is -0.772. The zero-order valence-electron chi connectivity index (χ0n) is 13.9. The van der Waals surface area contributed by atoms with E-state index in [1.165, 1.54) is 19.3 Å². The molecule has 22 heavy (non-hydrogen) atoms. The predicted molar refractivity (Wildman–Crippen MR) is 87.2 cm³/mol. The first kappa shape index (κ1) is 17.8. The van der Waals surface area contributed by atoms with Crippen molar-refractivity contribution in [2.24, 2.45) is 27.4 Å². The first-order chi connectivity index (χ1) is 9.64. The third-order valence-corrected chi connectivity index (χ3v) is 6.52. The Labute approximate surface area is 138 Å². The van der Waals surface area contributed by atoms with Gasteiger partial charge in [-0.2, -0.15) is 0 Å².